The molecule has 3 aromatic carbocycles. The molecule has 0 spiro atoms. The van der Waals surface area contributed by atoms with E-state index in [9.17, 15) is 0 Å². The van der Waals surface area contributed by atoms with Gasteiger partial charge in [-0.25, -0.2) is 0 Å². The molecule has 2 nitrogen and oxygen atoms in total. The summed E-state index contributed by atoms with van der Waals surface area (Å²) >= 11 is 3.59. The van der Waals surface area contributed by atoms with Crippen LogP contribution in [0.1, 0.15) is 23.6 Å². The van der Waals surface area contributed by atoms with Gasteiger partial charge in [0.1, 0.15) is 0 Å². The third kappa shape index (κ3) is 3.00. The molecule has 0 fully saturated rings. The number of hydrogen-bond donors (Lipinski definition) is 0. The summed E-state index contributed by atoms with van der Waals surface area (Å²) in [5, 5.41) is 7.09. The Bertz CT molecular complexity index is 859. The van der Waals surface area contributed by atoms with Crippen LogP contribution in [0.2, 0.25) is 0 Å². The van der Waals surface area contributed by atoms with Gasteiger partial charge in [-0.15, -0.1) is 0 Å². The molecule has 118 valence electrons. The minimum atomic E-state index is 0.208. The third-order valence-electron chi connectivity index (χ3n) is 4.27. The SMILES string of the molecule is Brc1cccc([C@@H]2CC(c3ccccc3)=NN2c2ccccc2)c1. The van der Waals surface area contributed by atoms with Gasteiger partial charge < -0.3 is 0 Å². The molecule has 3 heteroatoms. The highest BCUT2D eigenvalue weighted by Crippen LogP contribution is 2.37. The molecule has 3 aromatic rings. The van der Waals surface area contributed by atoms with Gasteiger partial charge in [0, 0.05) is 10.9 Å². The largest absolute Gasteiger partial charge is 0.257 e. The minimum absolute atomic E-state index is 0.208. The molecule has 0 unspecified atom stereocenters. The van der Waals surface area contributed by atoms with Crippen LogP contribution >= 0.6 is 15.9 Å². The Balaban J connectivity index is 1.76. The first-order chi connectivity index (χ1) is 11.8. The van der Waals surface area contributed by atoms with E-state index in [1.54, 1.807) is 0 Å². The molecule has 0 aliphatic carbocycles. The van der Waals surface area contributed by atoms with Gasteiger partial charge in [-0.1, -0.05) is 76.6 Å². The van der Waals surface area contributed by atoms with Crippen LogP contribution in [-0.4, -0.2) is 5.71 Å². The topological polar surface area (TPSA) is 15.6 Å². The fraction of sp³-hybridized carbons (Fsp3) is 0.0952. The van der Waals surface area contributed by atoms with Crippen LogP contribution in [0.25, 0.3) is 0 Å². The number of rotatable bonds is 3. The van der Waals surface area contributed by atoms with Gasteiger partial charge >= 0.3 is 0 Å². The number of hydrogen-bond acceptors (Lipinski definition) is 2. The van der Waals surface area contributed by atoms with Gasteiger partial charge in [0.15, 0.2) is 0 Å². The van der Waals surface area contributed by atoms with Gasteiger partial charge in [0.25, 0.3) is 0 Å². The second-order valence-corrected chi connectivity index (χ2v) is 6.78. The molecular formula is C21H17BrN2. The molecule has 1 aliphatic rings. The van der Waals surface area contributed by atoms with Crippen molar-refractivity contribution in [1.29, 1.82) is 0 Å². The monoisotopic (exact) mass is 376 g/mol. The molecule has 0 saturated carbocycles. The average molecular weight is 377 g/mol. The van der Waals surface area contributed by atoms with Crippen LogP contribution in [0, 0.1) is 0 Å². The lowest BCUT2D eigenvalue weighted by atomic mass is 9.98. The Kier molecular flexibility index (Phi) is 4.18. The highest BCUT2D eigenvalue weighted by molar-refractivity contribution is 9.10. The number of halogens is 1. The van der Waals surface area contributed by atoms with Gasteiger partial charge in [-0.3, -0.25) is 5.01 Å². The molecule has 0 saturated heterocycles. The van der Waals surface area contributed by atoms with Crippen LogP contribution < -0.4 is 5.01 Å². The van der Waals surface area contributed by atoms with Crippen LogP contribution in [0.5, 0.6) is 0 Å². The van der Waals surface area contributed by atoms with Gasteiger partial charge in [-0.05, 0) is 35.4 Å². The maximum Gasteiger partial charge on any atom is 0.0832 e. The molecule has 0 N–H and O–H groups in total. The highest BCUT2D eigenvalue weighted by Gasteiger charge is 2.29. The molecule has 0 amide bonds. The molecule has 1 atom stereocenters. The predicted octanol–water partition coefficient (Wildman–Crippen LogP) is 5.80. The molecule has 1 aliphatic heterocycles. The first-order valence-corrected chi connectivity index (χ1v) is 8.83. The number of hydrazone groups is 1. The Morgan fingerprint density at radius 1 is 0.833 bits per heavy atom. The lowest BCUT2D eigenvalue weighted by molar-refractivity contribution is 0.708. The van der Waals surface area contributed by atoms with E-state index in [0.29, 0.717) is 0 Å². The summed E-state index contributed by atoms with van der Waals surface area (Å²) in [4.78, 5) is 0. The molecule has 0 radical (unpaired) electrons. The smallest absolute Gasteiger partial charge is 0.0832 e. The van der Waals surface area contributed by atoms with Crippen molar-refractivity contribution in [1.82, 2.24) is 0 Å². The van der Waals surface area contributed by atoms with Gasteiger partial charge in [0.05, 0.1) is 17.4 Å². The average Bonchev–Trinajstić information content (AvgIpc) is 3.09. The minimum Gasteiger partial charge on any atom is -0.257 e. The van der Waals surface area contributed by atoms with E-state index in [4.69, 9.17) is 5.10 Å². The van der Waals surface area contributed by atoms with Crippen molar-refractivity contribution in [3.05, 3.63) is 101 Å². The second kappa shape index (κ2) is 6.62. The molecule has 0 bridgehead atoms. The summed E-state index contributed by atoms with van der Waals surface area (Å²) in [6.45, 7) is 0. The maximum absolute atomic E-state index is 4.95. The van der Waals surface area contributed by atoms with E-state index in [2.05, 4.69) is 93.7 Å². The Hall–Kier alpha value is -2.39. The van der Waals surface area contributed by atoms with E-state index in [0.717, 1.165) is 22.3 Å². The Morgan fingerprint density at radius 2 is 1.54 bits per heavy atom. The zero-order chi connectivity index (χ0) is 16.4. The van der Waals surface area contributed by atoms with Gasteiger partial charge in [-0.2, -0.15) is 5.10 Å². The van der Waals surface area contributed by atoms with Crippen molar-refractivity contribution in [2.24, 2.45) is 5.10 Å². The van der Waals surface area contributed by atoms with Crippen molar-refractivity contribution < 1.29 is 0 Å². The summed E-state index contributed by atoms with van der Waals surface area (Å²) in [7, 11) is 0. The fourth-order valence-electron chi connectivity index (χ4n) is 3.11. The number of anilines is 1. The predicted molar refractivity (Wildman–Crippen MR) is 103 cm³/mol. The summed E-state index contributed by atoms with van der Waals surface area (Å²) in [5.41, 5.74) is 4.71. The van der Waals surface area contributed by atoms with E-state index in [1.807, 2.05) is 12.1 Å². The van der Waals surface area contributed by atoms with Crippen molar-refractivity contribution >= 4 is 27.3 Å². The molecular weight excluding hydrogens is 360 g/mol. The molecule has 24 heavy (non-hydrogen) atoms. The first kappa shape index (κ1) is 15.2. The highest BCUT2D eigenvalue weighted by atomic mass is 79.9. The summed E-state index contributed by atoms with van der Waals surface area (Å²) < 4.78 is 1.10. The maximum atomic E-state index is 4.95. The van der Waals surface area contributed by atoms with Crippen LogP contribution in [0.4, 0.5) is 5.69 Å². The quantitative estimate of drug-likeness (QED) is 0.563. The summed E-state index contributed by atoms with van der Waals surface area (Å²) in [6, 6.07) is 29.5. The third-order valence-corrected chi connectivity index (χ3v) is 4.76. The Morgan fingerprint density at radius 3 is 2.25 bits per heavy atom. The molecule has 0 aromatic heterocycles. The molecule has 1 heterocycles. The van der Waals surface area contributed by atoms with Crippen LogP contribution in [-0.2, 0) is 0 Å². The Labute approximate surface area is 150 Å². The van der Waals surface area contributed by atoms with E-state index in [-0.39, 0.29) is 6.04 Å². The first-order valence-electron chi connectivity index (χ1n) is 8.04. The van der Waals surface area contributed by atoms with Gasteiger partial charge in [0.2, 0.25) is 0 Å². The van der Waals surface area contributed by atoms with Crippen molar-refractivity contribution in [3.63, 3.8) is 0 Å². The zero-order valence-electron chi connectivity index (χ0n) is 13.1. The lowest BCUT2D eigenvalue weighted by Gasteiger charge is -2.24. The van der Waals surface area contributed by atoms with Crippen LogP contribution in [0.3, 0.4) is 0 Å². The fourth-order valence-corrected chi connectivity index (χ4v) is 3.52. The standard InChI is InChI=1S/C21H17BrN2/c22-18-11-7-10-17(14-18)21-15-20(16-8-3-1-4-9-16)23-24(21)19-12-5-2-6-13-19/h1-14,21H,15H2/t21-/m0/s1. The normalized spacial score (nSPS) is 17.0. The summed E-state index contributed by atoms with van der Waals surface area (Å²) in [5.74, 6) is 0. The van der Waals surface area contributed by atoms with Crippen molar-refractivity contribution in [2.75, 3.05) is 5.01 Å². The second-order valence-electron chi connectivity index (χ2n) is 5.87. The van der Waals surface area contributed by atoms with Crippen LogP contribution in [0.15, 0.2) is 94.5 Å². The number of nitrogens with zero attached hydrogens (tertiary/aromatic N) is 2. The van der Waals surface area contributed by atoms with Crippen molar-refractivity contribution in [3.8, 4) is 0 Å². The van der Waals surface area contributed by atoms with E-state index >= 15 is 0 Å². The summed E-state index contributed by atoms with van der Waals surface area (Å²) in [6.07, 6.45) is 0.898. The molecule has 4 rings (SSSR count). The van der Waals surface area contributed by atoms with E-state index in [1.165, 1.54) is 11.1 Å². The number of benzene rings is 3. The lowest BCUT2D eigenvalue weighted by Crippen LogP contribution is -2.18. The number of para-hydroxylation sites is 1. The van der Waals surface area contributed by atoms with E-state index < -0.39 is 0 Å². The van der Waals surface area contributed by atoms with Crippen molar-refractivity contribution in [2.45, 2.75) is 12.5 Å². The zero-order valence-corrected chi connectivity index (χ0v) is 14.7.